The van der Waals surface area contributed by atoms with Crippen LogP contribution in [0.4, 0.5) is 8.78 Å². The number of nitrogens with one attached hydrogen (secondary N) is 1. The lowest BCUT2D eigenvalue weighted by Gasteiger charge is -2.15. The van der Waals surface area contributed by atoms with Crippen LogP contribution in [-0.4, -0.2) is 11.7 Å². The summed E-state index contributed by atoms with van der Waals surface area (Å²) in [5.41, 5.74) is 0.263. The monoisotopic (exact) mass is 355 g/mol. The molecular weight excluding hydrogens is 340 g/mol. The largest absolute Gasteiger partial charge is 0.349 e. The van der Waals surface area contributed by atoms with Gasteiger partial charge in [-0.15, -0.1) is 11.8 Å². The van der Waals surface area contributed by atoms with Crippen molar-refractivity contribution in [1.82, 2.24) is 5.32 Å². The zero-order valence-electron chi connectivity index (χ0n) is 12.5. The third-order valence-electron chi connectivity index (χ3n) is 3.23. The molecule has 2 rings (SSSR count). The predicted molar refractivity (Wildman–Crippen MR) is 89.7 cm³/mol. The molecule has 0 aromatic heterocycles. The van der Waals surface area contributed by atoms with E-state index in [2.05, 4.69) is 5.32 Å². The van der Waals surface area contributed by atoms with Crippen LogP contribution in [0.2, 0.25) is 5.02 Å². The molecule has 1 amide bonds. The molecule has 23 heavy (non-hydrogen) atoms. The fraction of sp³-hybridized carbons (Fsp3) is 0.235. The lowest BCUT2D eigenvalue weighted by Crippen LogP contribution is -2.27. The van der Waals surface area contributed by atoms with Crippen molar-refractivity contribution >= 4 is 29.3 Å². The predicted octanol–water partition coefficient (Wildman–Crippen LogP) is 4.98. The van der Waals surface area contributed by atoms with Gasteiger partial charge in [0.1, 0.15) is 11.6 Å². The van der Waals surface area contributed by atoms with E-state index in [1.54, 1.807) is 13.0 Å². The van der Waals surface area contributed by atoms with E-state index in [0.29, 0.717) is 10.8 Å². The molecular formula is C17H16ClF2NOS. The number of amides is 1. The van der Waals surface area contributed by atoms with Crippen molar-refractivity contribution in [2.75, 3.05) is 5.75 Å². The van der Waals surface area contributed by atoms with E-state index in [1.165, 1.54) is 23.9 Å². The van der Waals surface area contributed by atoms with E-state index >= 15 is 0 Å². The average Bonchev–Trinajstić information content (AvgIpc) is 2.49. The molecule has 1 N–H and O–H groups in total. The minimum Gasteiger partial charge on any atom is -0.349 e. The molecule has 2 aromatic rings. The normalized spacial score (nSPS) is 12.0. The number of thioether (sulfide) groups is 1. The van der Waals surface area contributed by atoms with Gasteiger partial charge in [0.2, 0.25) is 5.91 Å². The van der Waals surface area contributed by atoms with Gasteiger partial charge in [-0.1, -0.05) is 29.8 Å². The summed E-state index contributed by atoms with van der Waals surface area (Å²) in [5, 5.41) is 3.36. The summed E-state index contributed by atoms with van der Waals surface area (Å²) >= 11 is 7.53. The lowest BCUT2D eigenvalue weighted by molar-refractivity contribution is -0.121. The Labute approximate surface area is 143 Å². The Morgan fingerprint density at radius 1 is 1.26 bits per heavy atom. The van der Waals surface area contributed by atoms with Crippen molar-refractivity contribution in [2.45, 2.75) is 24.3 Å². The number of benzene rings is 2. The van der Waals surface area contributed by atoms with Crippen molar-refractivity contribution in [1.29, 1.82) is 0 Å². The van der Waals surface area contributed by atoms with E-state index < -0.39 is 17.7 Å². The summed E-state index contributed by atoms with van der Waals surface area (Å²) in [5.74, 6) is -0.932. The molecule has 0 saturated carbocycles. The quantitative estimate of drug-likeness (QED) is 0.740. The Bertz CT molecular complexity index is 696. The van der Waals surface area contributed by atoms with Gasteiger partial charge in [0.15, 0.2) is 0 Å². The fourth-order valence-electron chi connectivity index (χ4n) is 2.06. The van der Waals surface area contributed by atoms with Crippen LogP contribution in [0, 0.1) is 11.6 Å². The third-order valence-corrected chi connectivity index (χ3v) is 4.75. The Morgan fingerprint density at radius 2 is 2.00 bits per heavy atom. The van der Waals surface area contributed by atoms with Crippen LogP contribution in [0.15, 0.2) is 47.4 Å². The third kappa shape index (κ3) is 5.22. The Balaban J connectivity index is 1.83. The molecule has 0 heterocycles. The smallest absolute Gasteiger partial charge is 0.221 e. The molecule has 0 saturated heterocycles. The first kappa shape index (κ1) is 17.8. The second-order valence-corrected chi connectivity index (χ2v) is 6.53. The minimum absolute atomic E-state index is 0.194. The molecule has 0 radical (unpaired) electrons. The Morgan fingerprint density at radius 3 is 2.70 bits per heavy atom. The highest BCUT2D eigenvalue weighted by Crippen LogP contribution is 2.27. The van der Waals surface area contributed by atoms with Gasteiger partial charge in [0, 0.05) is 28.7 Å². The summed E-state index contributed by atoms with van der Waals surface area (Å²) in [6.07, 6.45) is 0.281. The Kier molecular flexibility index (Phi) is 6.42. The van der Waals surface area contributed by atoms with Crippen molar-refractivity contribution in [2.24, 2.45) is 0 Å². The highest BCUT2D eigenvalue weighted by atomic mass is 35.5. The van der Waals surface area contributed by atoms with Crippen molar-refractivity contribution in [3.63, 3.8) is 0 Å². The maximum Gasteiger partial charge on any atom is 0.221 e. The first-order valence-corrected chi connectivity index (χ1v) is 8.45. The molecule has 0 aliphatic heterocycles. The van der Waals surface area contributed by atoms with Gasteiger partial charge in [-0.2, -0.15) is 0 Å². The molecule has 0 spiro atoms. The number of rotatable bonds is 6. The summed E-state index contributed by atoms with van der Waals surface area (Å²) in [6.45, 7) is 1.66. The van der Waals surface area contributed by atoms with Crippen molar-refractivity contribution in [3.05, 3.63) is 64.7 Å². The van der Waals surface area contributed by atoms with Gasteiger partial charge in [-0.05, 0) is 25.1 Å². The van der Waals surface area contributed by atoms with Crippen LogP contribution in [0.5, 0.6) is 0 Å². The topological polar surface area (TPSA) is 29.1 Å². The molecule has 0 aliphatic rings. The van der Waals surface area contributed by atoms with Gasteiger partial charge in [0.05, 0.1) is 11.1 Å². The summed E-state index contributed by atoms with van der Waals surface area (Å²) in [7, 11) is 0. The number of halogens is 3. The van der Waals surface area contributed by atoms with E-state index in [0.717, 1.165) is 11.0 Å². The molecule has 0 bridgehead atoms. The molecule has 1 unspecified atom stereocenters. The zero-order valence-corrected chi connectivity index (χ0v) is 14.1. The number of carbonyl (C=O) groups is 1. The molecule has 122 valence electrons. The summed E-state index contributed by atoms with van der Waals surface area (Å²) < 4.78 is 26.6. The number of hydrogen-bond donors (Lipinski definition) is 1. The van der Waals surface area contributed by atoms with Crippen LogP contribution < -0.4 is 5.32 Å². The minimum atomic E-state index is -0.664. The van der Waals surface area contributed by atoms with Crippen molar-refractivity contribution in [3.8, 4) is 0 Å². The van der Waals surface area contributed by atoms with Crippen LogP contribution >= 0.6 is 23.4 Å². The van der Waals surface area contributed by atoms with E-state index in [9.17, 15) is 13.6 Å². The van der Waals surface area contributed by atoms with Crippen molar-refractivity contribution < 1.29 is 13.6 Å². The van der Waals surface area contributed by atoms with Gasteiger partial charge in [0.25, 0.3) is 0 Å². The first-order chi connectivity index (χ1) is 11.0. The first-order valence-electron chi connectivity index (χ1n) is 7.09. The van der Waals surface area contributed by atoms with Gasteiger partial charge in [-0.3, -0.25) is 4.79 Å². The van der Waals surface area contributed by atoms with Crippen LogP contribution in [0.25, 0.3) is 0 Å². The zero-order chi connectivity index (χ0) is 16.8. The second-order valence-electron chi connectivity index (χ2n) is 4.98. The summed E-state index contributed by atoms with van der Waals surface area (Å²) in [6, 6.07) is 10.2. The Hall–Kier alpha value is -1.59. The summed E-state index contributed by atoms with van der Waals surface area (Å²) in [4.78, 5) is 12.8. The van der Waals surface area contributed by atoms with E-state index in [4.69, 9.17) is 11.6 Å². The molecule has 0 aliphatic carbocycles. The molecule has 1 atom stereocenters. The maximum atomic E-state index is 13.7. The molecule has 0 fully saturated rings. The fourth-order valence-corrected chi connectivity index (χ4v) is 3.25. The molecule has 6 heteroatoms. The van der Waals surface area contributed by atoms with Crippen LogP contribution in [-0.2, 0) is 4.79 Å². The highest BCUT2D eigenvalue weighted by Gasteiger charge is 2.14. The van der Waals surface area contributed by atoms with Crippen LogP contribution in [0.1, 0.15) is 24.9 Å². The molecule has 2 nitrogen and oxygen atoms in total. The lowest BCUT2D eigenvalue weighted by atomic mass is 10.1. The number of hydrogen-bond acceptors (Lipinski definition) is 2. The average molecular weight is 356 g/mol. The van der Waals surface area contributed by atoms with Crippen LogP contribution in [0.3, 0.4) is 0 Å². The SMILES string of the molecule is CC(NC(=O)CCSc1ccccc1Cl)c1ccc(F)cc1F. The van der Waals surface area contributed by atoms with Gasteiger partial charge >= 0.3 is 0 Å². The second kappa shape index (κ2) is 8.31. The van der Waals surface area contributed by atoms with Gasteiger partial charge < -0.3 is 5.32 Å². The highest BCUT2D eigenvalue weighted by molar-refractivity contribution is 7.99. The number of carbonyl (C=O) groups excluding carboxylic acids is 1. The molecule has 2 aromatic carbocycles. The standard InChI is InChI=1S/C17H16ClF2NOS/c1-11(13-7-6-12(19)10-15(13)20)21-17(22)8-9-23-16-5-3-2-4-14(16)18/h2-7,10-11H,8-9H2,1H3,(H,21,22). The maximum absolute atomic E-state index is 13.7. The van der Waals surface area contributed by atoms with E-state index in [-0.39, 0.29) is 17.9 Å². The van der Waals surface area contributed by atoms with E-state index in [1.807, 2.05) is 18.2 Å². The van der Waals surface area contributed by atoms with Gasteiger partial charge in [-0.25, -0.2) is 8.78 Å².